The van der Waals surface area contributed by atoms with Gasteiger partial charge >= 0.3 is 16.4 Å². The summed E-state index contributed by atoms with van der Waals surface area (Å²) < 4.78 is 31.6. The van der Waals surface area contributed by atoms with Crippen molar-refractivity contribution in [1.29, 1.82) is 0 Å². The molecule has 0 spiro atoms. The highest BCUT2D eigenvalue weighted by atomic mass is 32.3. The molecule has 0 rings (SSSR count). The Morgan fingerprint density at radius 3 is 1.94 bits per heavy atom. The Balaban J connectivity index is -0.000000280. The van der Waals surface area contributed by atoms with Crippen molar-refractivity contribution in [1.82, 2.24) is 6.15 Å². The summed E-state index contributed by atoms with van der Waals surface area (Å²) in [5, 5.41) is 8.47. The number of unbranched alkanes of at least 4 members (excludes halogenated alkanes) is 3. The number of carbonyl (C=O) groups is 1. The molecule has 0 heterocycles. The van der Waals surface area contributed by atoms with E-state index in [1.807, 2.05) is 0 Å². The molecule has 0 aromatic carbocycles. The van der Waals surface area contributed by atoms with Crippen molar-refractivity contribution in [2.45, 2.75) is 39.5 Å². The van der Waals surface area contributed by atoms with Gasteiger partial charge < -0.3 is 11.3 Å². The number of hydrogen-bond acceptors (Lipinski definition) is 4. The van der Waals surface area contributed by atoms with E-state index in [9.17, 15) is 4.79 Å². The Bertz CT molecular complexity index is 314. The van der Waals surface area contributed by atoms with E-state index in [-0.39, 0.29) is 6.15 Å². The van der Waals surface area contributed by atoms with Crippen LogP contribution in [0.15, 0.2) is 11.6 Å². The Morgan fingerprint density at radius 1 is 1.24 bits per heavy atom. The predicted molar refractivity (Wildman–Crippen MR) is 64.7 cm³/mol. The fourth-order valence-electron chi connectivity index (χ4n) is 0.800. The average Bonchev–Trinajstić information content (AvgIpc) is 2.09. The minimum atomic E-state index is -4.67. The lowest BCUT2D eigenvalue weighted by Gasteiger charge is -1.93. The maximum atomic E-state index is 10.3. The summed E-state index contributed by atoms with van der Waals surface area (Å²) in [6, 6.07) is 0. The van der Waals surface area contributed by atoms with Crippen LogP contribution < -0.4 is 6.15 Å². The topological polar surface area (TPSA) is 147 Å². The molecule has 0 saturated carbocycles. The summed E-state index contributed by atoms with van der Waals surface area (Å²) in [6.07, 6.45) is 6.15. The number of allylic oxidation sites excluding steroid dienone is 1. The summed E-state index contributed by atoms with van der Waals surface area (Å²) in [7, 11) is -4.67. The maximum Gasteiger partial charge on any atom is 0.394 e. The van der Waals surface area contributed by atoms with Crippen LogP contribution in [0.4, 0.5) is 0 Å². The van der Waals surface area contributed by atoms with E-state index < -0.39 is 16.4 Å². The number of rotatable bonds is 5. The summed E-state index contributed by atoms with van der Waals surface area (Å²) >= 11 is 0. The largest absolute Gasteiger partial charge is 0.478 e. The lowest BCUT2D eigenvalue weighted by atomic mass is 10.1. The molecule has 0 aliphatic carbocycles. The van der Waals surface area contributed by atoms with Gasteiger partial charge in [0.2, 0.25) is 0 Å². The van der Waals surface area contributed by atoms with Gasteiger partial charge in [-0.2, -0.15) is 8.42 Å². The third-order valence-electron chi connectivity index (χ3n) is 1.60. The van der Waals surface area contributed by atoms with Gasteiger partial charge in [0.25, 0.3) is 0 Å². The number of carboxylic acid groups (broad SMARTS) is 1. The Morgan fingerprint density at radius 2 is 1.65 bits per heavy atom. The van der Waals surface area contributed by atoms with Gasteiger partial charge in [0.1, 0.15) is 0 Å². The lowest BCUT2D eigenvalue weighted by Crippen LogP contribution is -1.95. The molecule has 0 fully saturated rings. The van der Waals surface area contributed by atoms with Gasteiger partial charge in [-0.1, -0.05) is 25.8 Å². The quantitative estimate of drug-likeness (QED) is 0.340. The van der Waals surface area contributed by atoms with E-state index in [2.05, 4.69) is 6.92 Å². The SMILES string of the molecule is CCCCCC=C(C)C(=O)O.N.O=S(=O)(O)O. The van der Waals surface area contributed by atoms with Crippen molar-refractivity contribution >= 4 is 16.4 Å². The molecule has 0 saturated heterocycles. The fourth-order valence-corrected chi connectivity index (χ4v) is 0.800. The number of aliphatic carboxylic acids is 1. The van der Waals surface area contributed by atoms with Crippen LogP contribution in [0.2, 0.25) is 0 Å². The first-order valence-electron chi connectivity index (χ1n) is 4.78. The molecule has 0 radical (unpaired) electrons. The smallest absolute Gasteiger partial charge is 0.394 e. The zero-order valence-electron chi connectivity index (χ0n) is 10.1. The molecular weight excluding hydrogens is 250 g/mol. The first kappa shape index (κ1) is 21.3. The molecule has 0 aromatic rings. The van der Waals surface area contributed by atoms with Crippen molar-refractivity contribution < 1.29 is 27.4 Å². The Kier molecular flexibility index (Phi) is 14.5. The van der Waals surface area contributed by atoms with Crippen molar-refractivity contribution in [2.24, 2.45) is 0 Å². The molecule has 0 aliphatic heterocycles. The standard InChI is InChI=1S/C9H16O2.H3N.H2O4S/c1-3-4-5-6-7-8(2)9(10)11;;1-5(2,3)4/h7H,3-6H2,1-2H3,(H,10,11);1H3;(H2,1,2,3,4). The van der Waals surface area contributed by atoms with Gasteiger partial charge in [0.05, 0.1) is 0 Å². The third kappa shape index (κ3) is 31.3. The van der Waals surface area contributed by atoms with Crippen LogP contribution in [0.3, 0.4) is 0 Å². The summed E-state index contributed by atoms with van der Waals surface area (Å²) in [5.41, 5.74) is 0.459. The average molecular weight is 271 g/mol. The molecule has 0 aliphatic rings. The lowest BCUT2D eigenvalue weighted by molar-refractivity contribution is -0.132. The van der Waals surface area contributed by atoms with E-state index in [1.165, 1.54) is 12.8 Å². The van der Waals surface area contributed by atoms with E-state index in [0.717, 1.165) is 12.8 Å². The van der Waals surface area contributed by atoms with Gasteiger partial charge in [0.15, 0.2) is 0 Å². The summed E-state index contributed by atoms with van der Waals surface area (Å²) in [6.45, 7) is 3.77. The molecule has 8 heteroatoms. The molecule has 0 unspecified atom stereocenters. The zero-order chi connectivity index (χ0) is 13.2. The molecule has 6 N–H and O–H groups in total. The predicted octanol–water partition coefficient (Wildman–Crippen LogP) is 2.11. The second-order valence-electron chi connectivity index (χ2n) is 3.14. The number of carboxylic acids is 1. The second-order valence-corrected chi connectivity index (χ2v) is 4.03. The van der Waals surface area contributed by atoms with Crippen LogP contribution in [0.25, 0.3) is 0 Å². The fraction of sp³-hybridized carbons (Fsp3) is 0.667. The summed E-state index contributed by atoms with van der Waals surface area (Å²) in [5.74, 6) is -0.804. The molecule has 7 nitrogen and oxygen atoms in total. The van der Waals surface area contributed by atoms with Gasteiger partial charge in [-0.15, -0.1) is 0 Å². The highest BCUT2D eigenvalue weighted by Crippen LogP contribution is 2.02. The Labute approximate surface area is 102 Å². The second kappa shape index (κ2) is 11.5. The van der Waals surface area contributed by atoms with Crippen LogP contribution in [-0.2, 0) is 15.2 Å². The molecule has 17 heavy (non-hydrogen) atoms. The number of hydrogen-bond donors (Lipinski definition) is 4. The molecule has 0 amide bonds. The first-order chi connectivity index (χ1) is 7.18. The molecule has 0 bridgehead atoms. The van der Waals surface area contributed by atoms with Crippen molar-refractivity contribution in [2.75, 3.05) is 0 Å². The van der Waals surface area contributed by atoms with Crippen LogP contribution >= 0.6 is 0 Å². The van der Waals surface area contributed by atoms with Crippen LogP contribution in [0.5, 0.6) is 0 Å². The minimum Gasteiger partial charge on any atom is -0.478 e. The van der Waals surface area contributed by atoms with E-state index in [1.54, 1.807) is 13.0 Å². The highest BCUT2D eigenvalue weighted by molar-refractivity contribution is 7.79. The molecular formula is C9H21NO6S. The normalized spacial score (nSPS) is 10.9. The molecule has 0 atom stereocenters. The summed E-state index contributed by atoms with van der Waals surface area (Å²) in [4.78, 5) is 10.3. The van der Waals surface area contributed by atoms with Crippen molar-refractivity contribution in [3.63, 3.8) is 0 Å². The van der Waals surface area contributed by atoms with Gasteiger partial charge in [0, 0.05) is 5.57 Å². The van der Waals surface area contributed by atoms with E-state index >= 15 is 0 Å². The van der Waals surface area contributed by atoms with E-state index in [4.69, 9.17) is 22.6 Å². The van der Waals surface area contributed by atoms with Crippen LogP contribution in [0, 0.1) is 0 Å². The van der Waals surface area contributed by atoms with Crippen molar-refractivity contribution in [3.05, 3.63) is 11.6 Å². The van der Waals surface area contributed by atoms with Gasteiger partial charge in [-0.3, -0.25) is 9.11 Å². The highest BCUT2D eigenvalue weighted by Gasteiger charge is 1.96. The molecule has 0 aromatic heterocycles. The van der Waals surface area contributed by atoms with Crippen molar-refractivity contribution in [3.8, 4) is 0 Å². The Hall–Kier alpha value is -0.960. The zero-order valence-corrected chi connectivity index (χ0v) is 10.9. The first-order valence-corrected chi connectivity index (χ1v) is 6.18. The van der Waals surface area contributed by atoms with E-state index in [0.29, 0.717) is 5.57 Å². The maximum absolute atomic E-state index is 10.3. The third-order valence-corrected chi connectivity index (χ3v) is 1.60. The van der Waals surface area contributed by atoms with Gasteiger partial charge in [-0.05, 0) is 19.8 Å². The minimum absolute atomic E-state index is 0. The monoisotopic (exact) mass is 271 g/mol. The van der Waals surface area contributed by atoms with Gasteiger partial charge in [-0.25, -0.2) is 4.79 Å². The molecule has 104 valence electrons. The van der Waals surface area contributed by atoms with Crippen LogP contribution in [-0.4, -0.2) is 28.6 Å². The van der Waals surface area contributed by atoms with Crippen LogP contribution in [0.1, 0.15) is 39.5 Å².